The molecule has 1 saturated carbocycles. The van der Waals surface area contributed by atoms with Gasteiger partial charge in [-0.3, -0.25) is 4.79 Å². The number of hydrogen-bond acceptors (Lipinski definition) is 7. The highest BCUT2D eigenvalue weighted by molar-refractivity contribution is 5.86. The number of ether oxygens (including phenoxy) is 1. The third-order valence-corrected chi connectivity index (χ3v) is 3.63. The molecule has 22 heavy (non-hydrogen) atoms. The van der Waals surface area contributed by atoms with Gasteiger partial charge in [-0.15, -0.1) is 0 Å². The zero-order chi connectivity index (χ0) is 15.5. The lowest BCUT2D eigenvalue weighted by Gasteiger charge is -2.10. The van der Waals surface area contributed by atoms with Crippen molar-refractivity contribution >= 4 is 23.4 Å². The van der Waals surface area contributed by atoms with Crippen LogP contribution in [0, 0.1) is 0 Å². The van der Waals surface area contributed by atoms with Crippen molar-refractivity contribution in [3.05, 3.63) is 30.1 Å². The SMILES string of the molecule is COc1ccc(Nc2nc(N)nc([C@H]3CCCC3=O)n2)cc1. The van der Waals surface area contributed by atoms with E-state index in [1.54, 1.807) is 7.11 Å². The number of nitrogens with one attached hydrogen (secondary N) is 1. The van der Waals surface area contributed by atoms with E-state index in [1.807, 2.05) is 24.3 Å². The van der Waals surface area contributed by atoms with E-state index in [9.17, 15) is 4.79 Å². The standard InChI is InChI=1S/C15H17N5O2/c1-22-10-7-5-9(6-8-10)17-15-19-13(18-14(16)20-15)11-3-2-4-12(11)21/h5-8,11H,2-4H2,1H3,(H3,16,17,18,19,20)/t11-/m0/s1. The summed E-state index contributed by atoms with van der Waals surface area (Å²) in [6, 6.07) is 7.35. The highest BCUT2D eigenvalue weighted by Crippen LogP contribution is 2.30. The number of methoxy groups -OCH3 is 1. The summed E-state index contributed by atoms with van der Waals surface area (Å²) in [5.41, 5.74) is 6.54. The first-order valence-electron chi connectivity index (χ1n) is 7.11. The summed E-state index contributed by atoms with van der Waals surface area (Å²) in [6.45, 7) is 0. The zero-order valence-electron chi connectivity index (χ0n) is 12.2. The summed E-state index contributed by atoms with van der Waals surface area (Å²) < 4.78 is 5.11. The summed E-state index contributed by atoms with van der Waals surface area (Å²) >= 11 is 0. The molecule has 7 heteroatoms. The van der Waals surface area contributed by atoms with Crippen LogP contribution in [0.15, 0.2) is 24.3 Å². The van der Waals surface area contributed by atoms with Crippen molar-refractivity contribution in [3.63, 3.8) is 0 Å². The Morgan fingerprint density at radius 1 is 1.23 bits per heavy atom. The topological polar surface area (TPSA) is 103 Å². The summed E-state index contributed by atoms with van der Waals surface area (Å²) in [5.74, 6) is 1.57. The van der Waals surface area contributed by atoms with E-state index in [1.165, 1.54) is 0 Å². The number of ketones is 1. The van der Waals surface area contributed by atoms with E-state index in [-0.39, 0.29) is 17.6 Å². The van der Waals surface area contributed by atoms with Crippen LogP contribution in [0.1, 0.15) is 31.0 Å². The molecule has 1 aromatic carbocycles. The second-order valence-corrected chi connectivity index (χ2v) is 5.14. The molecule has 0 unspecified atom stereocenters. The lowest BCUT2D eigenvalue weighted by molar-refractivity contribution is -0.118. The number of benzene rings is 1. The number of carbonyl (C=O) groups excluding carboxylic acids is 1. The molecule has 1 aliphatic carbocycles. The van der Waals surface area contributed by atoms with E-state index in [4.69, 9.17) is 10.5 Å². The lowest BCUT2D eigenvalue weighted by Crippen LogP contribution is -2.13. The van der Waals surface area contributed by atoms with Gasteiger partial charge in [-0.05, 0) is 37.1 Å². The minimum absolute atomic E-state index is 0.112. The number of carbonyl (C=O) groups is 1. The first-order valence-corrected chi connectivity index (χ1v) is 7.11. The molecular weight excluding hydrogens is 282 g/mol. The number of aromatic nitrogens is 3. The van der Waals surface area contributed by atoms with E-state index >= 15 is 0 Å². The van der Waals surface area contributed by atoms with Gasteiger partial charge in [0, 0.05) is 12.1 Å². The van der Waals surface area contributed by atoms with Crippen LogP contribution in [0.3, 0.4) is 0 Å². The molecule has 0 radical (unpaired) electrons. The Kier molecular flexibility index (Phi) is 3.86. The Morgan fingerprint density at radius 2 is 2.00 bits per heavy atom. The number of hydrogen-bond donors (Lipinski definition) is 2. The van der Waals surface area contributed by atoms with E-state index in [0.717, 1.165) is 24.3 Å². The molecule has 114 valence electrons. The van der Waals surface area contributed by atoms with Crippen molar-refractivity contribution in [2.45, 2.75) is 25.2 Å². The molecule has 0 bridgehead atoms. The Morgan fingerprint density at radius 3 is 2.64 bits per heavy atom. The molecule has 7 nitrogen and oxygen atoms in total. The van der Waals surface area contributed by atoms with Crippen molar-refractivity contribution in [1.82, 2.24) is 15.0 Å². The van der Waals surface area contributed by atoms with Crippen molar-refractivity contribution in [2.75, 3.05) is 18.2 Å². The van der Waals surface area contributed by atoms with Crippen molar-refractivity contribution < 1.29 is 9.53 Å². The number of Topliss-reactive ketones (excluding diaryl/α,β-unsaturated/α-hetero) is 1. The average Bonchev–Trinajstić information content (AvgIpc) is 2.94. The highest BCUT2D eigenvalue weighted by atomic mass is 16.5. The molecule has 0 spiro atoms. The molecule has 3 rings (SSSR count). The molecule has 3 N–H and O–H groups in total. The molecule has 0 aliphatic heterocycles. The summed E-state index contributed by atoms with van der Waals surface area (Å²) in [6.07, 6.45) is 2.22. The first kappa shape index (κ1) is 14.2. The van der Waals surface area contributed by atoms with Gasteiger partial charge in [0.15, 0.2) is 0 Å². The van der Waals surface area contributed by atoms with Crippen molar-refractivity contribution in [2.24, 2.45) is 0 Å². The number of nitrogens with two attached hydrogens (primary N) is 1. The molecule has 1 aromatic heterocycles. The predicted molar refractivity (Wildman–Crippen MR) is 82.1 cm³/mol. The maximum atomic E-state index is 11.9. The fourth-order valence-corrected chi connectivity index (χ4v) is 2.51. The largest absolute Gasteiger partial charge is 0.497 e. The first-order chi connectivity index (χ1) is 10.7. The fraction of sp³-hybridized carbons (Fsp3) is 0.333. The smallest absolute Gasteiger partial charge is 0.232 e. The third-order valence-electron chi connectivity index (χ3n) is 3.63. The normalized spacial score (nSPS) is 17.5. The van der Waals surface area contributed by atoms with Gasteiger partial charge in [-0.25, -0.2) is 0 Å². The molecule has 1 heterocycles. The van der Waals surface area contributed by atoms with Crippen LogP contribution in [-0.2, 0) is 4.79 Å². The molecule has 1 fully saturated rings. The second kappa shape index (κ2) is 5.97. The van der Waals surface area contributed by atoms with Crippen LogP contribution < -0.4 is 15.8 Å². The number of anilines is 3. The van der Waals surface area contributed by atoms with Gasteiger partial charge in [0.2, 0.25) is 11.9 Å². The summed E-state index contributed by atoms with van der Waals surface area (Å²) in [4.78, 5) is 24.4. The van der Waals surface area contributed by atoms with Gasteiger partial charge in [-0.2, -0.15) is 15.0 Å². The maximum Gasteiger partial charge on any atom is 0.232 e. The summed E-state index contributed by atoms with van der Waals surface area (Å²) in [7, 11) is 1.61. The minimum Gasteiger partial charge on any atom is -0.497 e. The van der Waals surface area contributed by atoms with E-state index in [2.05, 4.69) is 20.3 Å². The van der Waals surface area contributed by atoms with Crippen LogP contribution in [0.25, 0.3) is 0 Å². The van der Waals surface area contributed by atoms with Gasteiger partial charge in [-0.1, -0.05) is 0 Å². The van der Waals surface area contributed by atoms with Gasteiger partial charge in [0.05, 0.1) is 13.0 Å². The van der Waals surface area contributed by atoms with Crippen molar-refractivity contribution in [3.8, 4) is 5.75 Å². The molecule has 1 aliphatic rings. The Balaban J connectivity index is 1.83. The van der Waals surface area contributed by atoms with Gasteiger partial charge >= 0.3 is 0 Å². The maximum absolute atomic E-state index is 11.9. The molecule has 0 amide bonds. The molecule has 0 saturated heterocycles. The summed E-state index contributed by atoms with van der Waals surface area (Å²) in [5, 5.41) is 3.07. The lowest BCUT2D eigenvalue weighted by atomic mass is 10.1. The minimum atomic E-state index is -0.262. The van der Waals surface area contributed by atoms with Crippen LogP contribution in [0.2, 0.25) is 0 Å². The Hall–Kier alpha value is -2.70. The monoisotopic (exact) mass is 299 g/mol. The Labute approximate surface area is 127 Å². The average molecular weight is 299 g/mol. The fourth-order valence-electron chi connectivity index (χ4n) is 2.51. The highest BCUT2D eigenvalue weighted by Gasteiger charge is 2.29. The van der Waals surface area contributed by atoms with Crippen LogP contribution >= 0.6 is 0 Å². The number of nitrogens with zero attached hydrogens (tertiary/aromatic N) is 3. The number of nitrogen functional groups attached to an aromatic ring is 1. The van der Waals surface area contributed by atoms with Gasteiger partial charge in [0.25, 0.3) is 0 Å². The van der Waals surface area contributed by atoms with E-state index in [0.29, 0.717) is 18.2 Å². The quantitative estimate of drug-likeness (QED) is 0.890. The van der Waals surface area contributed by atoms with Crippen LogP contribution in [0.4, 0.5) is 17.6 Å². The number of rotatable bonds is 4. The third kappa shape index (κ3) is 2.98. The van der Waals surface area contributed by atoms with Crippen molar-refractivity contribution in [1.29, 1.82) is 0 Å². The second-order valence-electron chi connectivity index (χ2n) is 5.14. The van der Waals surface area contributed by atoms with Gasteiger partial charge in [0.1, 0.15) is 17.4 Å². The van der Waals surface area contributed by atoms with Crippen LogP contribution in [0.5, 0.6) is 5.75 Å². The van der Waals surface area contributed by atoms with E-state index < -0.39 is 0 Å². The molecular formula is C15H17N5O2. The Bertz CT molecular complexity index is 687. The van der Waals surface area contributed by atoms with Crippen LogP contribution in [-0.4, -0.2) is 27.8 Å². The molecule has 1 atom stereocenters. The molecule has 2 aromatic rings. The zero-order valence-corrected chi connectivity index (χ0v) is 12.2. The predicted octanol–water partition coefficient (Wildman–Crippen LogP) is 2.04. The van der Waals surface area contributed by atoms with Gasteiger partial charge < -0.3 is 15.8 Å².